The molecule has 0 unspecified atom stereocenters. The van der Waals surface area contributed by atoms with E-state index in [-0.39, 0.29) is 0 Å². The lowest BCUT2D eigenvalue weighted by Crippen LogP contribution is -2.68. The SMILES string of the molecule is CC(C)[n+]1cc(-c2ccccc2)nn1-c1ccccc1.[O-][Cl+3]([O-])([O-])[O-]. The highest BCUT2D eigenvalue weighted by molar-refractivity contribution is 5.56. The van der Waals surface area contributed by atoms with Crippen molar-refractivity contribution in [3.05, 3.63) is 66.9 Å². The lowest BCUT2D eigenvalue weighted by molar-refractivity contribution is -2.00. The Bertz CT molecular complexity index is 781. The van der Waals surface area contributed by atoms with Crippen LogP contribution < -0.4 is 23.3 Å². The molecule has 1 aromatic heterocycles. The molecule has 7 nitrogen and oxygen atoms in total. The minimum Gasteiger partial charge on any atom is -0.222 e. The third-order valence-electron chi connectivity index (χ3n) is 3.26. The molecule has 3 aromatic rings. The van der Waals surface area contributed by atoms with Crippen LogP contribution in [0.2, 0.25) is 0 Å². The number of aromatic nitrogens is 3. The first-order chi connectivity index (χ1) is 11.8. The van der Waals surface area contributed by atoms with Gasteiger partial charge in [-0.3, -0.25) is 0 Å². The molecule has 0 saturated carbocycles. The first-order valence-electron chi connectivity index (χ1n) is 7.50. The van der Waals surface area contributed by atoms with E-state index in [0.29, 0.717) is 6.04 Å². The van der Waals surface area contributed by atoms with Gasteiger partial charge in [-0.15, -0.1) is 10.2 Å². The number of hydrogen-bond acceptors (Lipinski definition) is 5. The van der Waals surface area contributed by atoms with Crippen LogP contribution in [0.1, 0.15) is 19.9 Å². The second-order valence-electron chi connectivity index (χ2n) is 5.46. The molecule has 0 radical (unpaired) electrons. The topological polar surface area (TPSA) is 114 Å². The van der Waals surface area contributed by atoms with E-state index >= 15 is 0 Å². The van der Waals surface area contributed by atoms with Gasteiger partial charge in [0.2, 0.25) is 5.69 Å². The van der Waals surface area contributed by atoms with Crippen molar-refractivity contribution in [1.29, 1.82) is 0 Å². The van der Waals surface area contributed by atoms with E-state index in [9.17, 15) is 0 Å². The maximum absolute atomic E-state index is 8.49. The Morgan fingerprint density at radius 1 is 0.880 bits per heavy atom. The van der Waals surface area contributed by atoms with Gasteiger partial charge in [-0.05, 0) is 30.8 Å². The van der Waals surface area contributed by atoms with Crippen LogP contribution in [0.5, 0.6) is 0 Å². The summed E-state index contributed by atoms with van der Waals surface area (Å²) >= 11 is 0. The molecule has 132 valence electrons. The molecule has 0 N–H and O–H groups in total. The van der Waals surface area contributed by atoms with E-state index in [0.717, 1.165) is 16.9 Å². The van der Waals surface area contributed by atoms with Crippen molar-refractivity contribution in [2.45, 2.75) is 19.9 Å². The van der Waals surface area contributed by atoms with Crippen LogP contribution >= 0.6 is 0 Å². The third-order valence-corrected chi connectivity index (χ3v) is 3.26. The second-order valence-corrected chi connectivity index (χ2v) is 6.21. The number of halogens is 1. The summed E-state index contributed by atoms with van der Waals surface area (Å²) < 4.78 is 36.1. The van der Waals surface area contributed by atoms with Gasteiger partial charge in [-0.2, -0.15) is 4.68 Å². The quantitative estimate of drug-likeness (QED) is 0.534. The van der Waals surface area contributed by atoms with Crippen LogP contribution in [-0.4, -0.2) is 9.90 Å². The van der Waals surface area contributed by atoms with Gasteiger partial charge in [0.05, 0.1) is 5.10 Å². The minimum absolute atomic E-state index is 0.347. The lowest BCUT2D eigenvalue weighted by Gasteiger charge is -2.17. The van der Waals surface area contributed by atoms with E-state index in [1.54, 1.807) is 0 Å². The zero-order valence-corrected chi connectivity index (χ0v) is 14.5. The number of benzene rings is 2. The van der Waals surface area contributed by atoms with Gasteiger partial charge in [0, 0.05) is 5.56 Å². The summed E-state index contributed by atoms with van der Waals surface area (Å²) in [6, 6.07) is 20.8. The summed E-state index contributed by atoms with van der Waals surface area (Å²) in [6.07, 6.45) is 2.10. The van der Waals surface area contributed by atoms with Crippen molar-refractivity contribution in [2.24, 2.45) is 0 Å². The first-order valence-corrected chi connectivity index (χ1v) is 8.73. The molecule has 0 fully saturated rings. The van der Waals surface area contributed by atoms with Crippen LogP contribution in [0.25, 0.3) is 16.9 Å². The molecular weight excluding hydrogens is 346 g/mol. The van der Waals surface area contributed by atoms with E-state index in [2.05, 4.69) is 49.0 Å². The predicted molar refractivity (Wildman–Crippen MR) is 79.6 cm³/mol. The smallest absolute Gasteiger partial charge is 0.222 e. The predicted octanol–water partition coefficient (Wildman–Crippen LogP) is -1.35. The highest BCUT2D eigenvalue weighted by Gasteiger charge is 2.20. The van der Waals surface area contributed by atoms with Crippen LogP contribution in [0.15, 0.2) is 66.9 Å². The summed E-state index contributed by atoms with van der Waals surface area (Å²) in [5, 5.41) is 4.75. The molecule has 0 amide bonds. The summed E-state index contributed by atoms with van der Waals surface area (Å²) in [5.41, 5.74) is 3.20. The van der Waals surface area contributed by atoms with Crippen LogP contribution in [0.4, 0.5) is 0 Å². The summed E-state index contributed by atoms with van der Waals surface area (Å²) in [5.74, 6) is 0. The molecule has 0 saturated heterocycles. The molecule has 3 rings (SSSR count). The molecule has 25 heavy (non-hydrogen) atoms. The maximum Gasteiger partial charge on any atom is 0.249 e. The van der Waals surface area contributed by atoms with Gasteiger partial charge < -0.3 is 0 Å². The molecule has 0 bridgehead atoms. The molecule has 0 aliphatic carbocycles. The molecule has 2 aromatic carbocycles. The van der Waals surface area contributed by atoms with Crippen molar-refractivity contribution in [2.75, 3.05) is 0 Å². The number of hydrogen-bond donors (Lipinski definition) is 0. The molecule has 0 aliphatic heterocycles. The van der Waals surface area contributed by atoms with Gasteiger partial charge in [-0.25, -0.2) is 18.6 Å². The fraction of sp³-hybridized carbons (Fsp3) is 0.176. The summed E-state index contributed by atoms with van der Waals surface area (Å²) in [6.45, 7) is 4.33. The fourth-order valence-corrected chi connectivity index (χ4v) is 2.22. The summed E-state index contributed by atoms with van der Waals surface area (Å²) in [4.78, 5) is 1.97. The standard InChI is InChI=1S/C17H18N3.ClHO4/c1-14(2)19-13-17(15-9-5-3-6-10-15)18-20(19)16-11-7-4-8-12-16;2-1(3,4)5/h3-14H,1-2H3;(H,2,3,4,5)/q+1;/p-1. The number of nitrogens with zero attached hydrogens (tertiary/aromatic N) is 3. The molecule has 0 atom stereocenters. The zero-order valence-electron chi connectivity index (χ0n) is 13.8. The molecule has 1 heterocycles. The largest absolute Gasteiger partial charge is 0.249 e. The van der Waals surface area contributed by atoms with Gasteiger partial charge in [0.15, 0.2) is 6.20 Å². The van der Waals surface area contributed by atoms with Crippen molar-refractivity contribution in [3.63, 3.8) is 0 Å². The van der Waals surface area contributed by atoms with E-state index in [1.165, 1.54) is 0 Å². The van der Waals surface area contributed by atoms with Crippen LogP contribution in [0, 0.1) is 10.2 Å². The zero-order chi connectivity index (χ0) is 18.4. The number of rotatable bonds is 3. The van der Waals surface area contributed by atoms with E-state index in [1.807, 2.05) is 41.2 Å². The second kappa shape index (κ2) is 8.19. The van der Waals surface area contributed by atoms with E-state index < -0.39 is 10.2 Å². The van der Waals surface area contributed by atoms with Crippen molar-refractivity contribution >= 4 is 0 Å². The highest BCUT2D eigenvalue weighted by atomic mass is 35.7. The molecule has 0 aliphatic rings. The molecule has 8 heteroatoms. The average Bonchev–Trinajstić information content (AvgIpc) is 3.01. The van der Waals surface area contributed by atoms with Crippen molar-refractivity contribution < 1.29 is 33.6 Å². The Morgan fingerprint density at radius 2 is 1.36 bits per heavy atom. The van der Waals surface area contributed by atoms with Crippen molar-refractivity contribution in [1.82, 2.24) is 9.90 Å². The Balaban J connectivity index is 0.000000399. The maximum atomic E-state index is 8.49. The van der Waals surface area contributed by atoms with Gasteiger partial charge in [-0.1, -0.05) is 48.5 Å². The third kappa shape index (κ3) is 5.93. The fourth-order valence-electron chi connectivity index (χ4n) is 2.22. The first kappa shape index (κ1) is 19.0. The average molecular weight is 364 g/mol. The lowest BCUT2D eigenvalue weighted by atomic mass is 10.2. The van der Waals surface area contributed by atoms with Crippen LogP contribution in [-0.2, 0) is 0 Å². The highest BCUT2D eigenvalue weighted by Crippen LogP contribution is 2.16. The summed E-state index contributed by atoms with van der Waals surface area (Å²) in [7, 11) is -4.94. The Kier molecular flexibility index (Phi) is 6.24. The normalized spacial score (nSPS) is 11.2. The Hall–Kier alpha value is -2.29. The van der Waals surface area contributed by atoms with Crippen LogP contribution in [0.3, 0.4) is 0 Å². The van der Waals surface area contributed by atoms with E-state index in [4.69, 9.17) is 23.7 Å². The Morgan fingerprint density at radius 3 is 1.84 bits per heavy atom. The van der Waals surface area contributed by atoms with Gasteiger partial charge >= 0.3 is 0 Å². The monoisotopic (exact) mass is 363 g/mol. The van der Waals surface area contributed by atoms with Crippen molar-refractivity contribution in [3.8, 4) is 16.9 Å². The Labute approximate surface area is 147 Å². The van der Waals surface area contributed by atoms with Gasteiger partial charge in [0.25, 0.3) is 0 Å². The molecular formula is C17H18ClN3O4. The molecule has 0 spiro atoms. The van der Waals surface area contributed by atoms with Gasteiger partial charge in [0.1, 0.15) is 11.7 Å². The minimum atomic E-state index is -4.94. The number of para-hydroxylation sites is 1.